The van der Waals surface area contributed by atoms with Crippen LogP contribution in [-0.2, 0) is 12.3 Å². The van der Waals surface area contributed by atoms with Crippen LogP contribution in [0.25, 0.3) is 10.2 Å². The van der Waals surface area contributed by atoms with Crippen molar-refractivity contribution in [3.8, 4) is 6.07 Å². The number of benzene rings is 2. The van der Waals surface area contributed by atoms with Crippen molar-refractivity contribution in [1.29, 1.82) is 5.26 Å². The Morgan fingerprint density at radius 1 is 1.17 bits per heavy atom. The van der Waals surface area contributed by atoms with E-state index in [4.69, 9.17) is 5.11 Å². The van der Waals surface area contributed by atoms with E-state index < -0.39 is 5.97 Å². The van der Waals surface area contributed by atoms with E-state index in [9.17, 15) is 14.9 Å². The molecule has 0 saturated carbocycles. The van der Waals surface area contributed by atoms with Gasteiger partial charge in [0.15, 0.2) is 5.16 Å². The summed E-state index contributed by atoms with van der Waals surface area (Å²) in [5.74, 6) is -0.489. The van der Waals surface area contributed by atoms with E-state index in [0.717, 1.165) is 11.1 Å². The van der Waals surface area contributed by atoms with Gasteiger partial charge in [-0.3, -0.25) is 9.36 Å². The average Bonchev–Trinajstić information content (AvgIpc) is 3.24. The summed E-state index contributed by atoms with van der Waals surface area (Å²) in [6.45, 7) is 0.280. The van der Waals surface area contributed by atoms with Crippen molar-refractivity contribution in [3.63, 3.8) is 0 Å². The Kier molecular flexibility index (Phi) is 5.65. The summed E-state index contributed by atoms with van der Waals surface area (Å²) >= 11 is 2.75. The highest BCUT2D eigenvalue weighted by molar-refractivity contribution is 7.98. The predicted octanol–water partition coefficient (Wildman–Crippen LogP) is 4.37. The highest BCUT2D eigenvalue weighted by Crippen LogP contribution is 2.25. The summed E-state index contributed by atoms with van der Waals surface area (Å²) in [6, 6.07) is 17.8. The Bertz CT molecular complexity index is 1330. The molecule has 0 saturated heterocycles. The van der Waals surface area contributed by atoms with Crippen LogP contribution < -0.4 is 5.56 Å². The van der Waals surface area contributed by atoms with Crippen LogP contribution in [0.1, 0.15) is 27.0 Å². The van der Waals surface area contributed by atoms with E-state index in [0.29, 0.717) is 26.7 Å². The van der Waals surface area contributed by atoms with Gasteiger partial charge in [0.05, 0.1) is 29.3 Å². The van der Waals surface area contributed by atoms with Gasteiger partial charge in [-0.2, -0.15) is 5.26 Å². The van der Waals surface area contributed by atoms with Crippen LogP contribution in [0.2, 0.25) is 0 Å². The van der Waals surface area contributed by atoms with Gasteiger partial charge in [0.2, 0.25) is 0 Å². The Morgan fingerprint density at radius 2 is 1.93 bits per heavy atom. The maximum absolute atomic E-state index is 13.1. The molecule has 0 radical (unpaired) electrons. The SMILES string of the molecule is N#Cc1ccccc1CSc1nc2ccsc2c(=O)n1Cc1ccc(C(=O)O)cc1. The summed E-state index contributed by atoms with van der Waals surface area (Å²) in [6.07, 6.45) is 0. The van der Waals surface area contributed by atoms with Crippen LogP contribution in [0.15, 0.2) is 69.9 Å². The topological polar surface area (TPSA) is 96.0 Å². The zero-order valence-electron chi connectivity index (χ0n) is 15.6. The van der Waals surface area contributed by atoms with Crippen molar-refractivity contribution in [1.82, 2.24) is 9.55 Å². The third-order valence-corrected chi connectivity index (χ3v) is 6.48. The van der Waals surface area contributed by atoms with Crippen molar-refractivity contribution in [2.24, 2.45) is 0 Å². The number of aromatic carboxylic acids is 1. The fourth-order valence-electron chi connectivity index (χ4n) is 3.01. The first-order valence-electron chi connectivity index (χ1n) is 8.98. The second kappa shape index (κ2) is 8.53. The minimum atomic E-state index is -0.993. The summed E-state index contributed by atoms with van der Waals surface area (Å²) in [7, 11) is 0. The Labute approximate surface area is 180 Å². The third-order valence-electron chi connectivity index (χ3n) is 4.57. The third kappa shape index (κ3) is 3.99. The smallest absolute Gasteiger partial charge is 0.335 e. The van der Waals surface area contributed by atoms with Crippen molar-refractivity contribution in [2.45, 2.75) is 17.5 Å². The Hall–Kier alpha value is -3.41. The van der Waals surface area contributed by atoms with Crippen molar-refractivity contribution < 1.29 is 9.90 Å². The van der Waals surface area contributed by atoms with Crippen LogP contribution in [0.3, 0.4) is 0 Å². The summed E-state index contributed by atoms with van der Waals surface area (Å²) in [4.78, 5) is 28.8. The molecule has 148 valence electrons. The molecule has 0 unspecified atom stereocenters. The van der Waals surface area contributed by atoms with Gasteiger partial charge in [0.1, 0.15) is 4.70 Å². The maximum atomic E-state index is 13.1. The number of hydrogen-bond acceptors (Lipinski definition) is 6. The normalized spacial score (nSPS) is 10.8. The molecular weight excluding hydrogens is 418 g/mol. The number of nitriles is 1. The number of carboxylic acids is 1. The zero-order valence-corrected chi connectivity index (χ0v) is 17.2. The number of thiophene rings is 1. The lowest BCUT2D eigenvalue weighted by molar-refractivity contribution is 0.0697. The molecule has 0 fully saturated rings. The molecule has 2 heterocycles. The van der Waals surface area contributed by atoms with Gasteiger partial charge in [-0.15, -0.1) is 11.3 Å². The number of hydrogen-bond donors (Lipinski definition) is 1. The van der Waals surface area contributed by atoms with Crippen molar-refractivity contribution in [2.75, 3.05) is 0 Å². The number of carboxylic acid groups (broad SMARTS) is 1. The number of rotatable bonds is 6. The van der Waals surface area contributed by atoms with E-state index in [1.807, 2.05) is 29.6 Å². The lowest BCUT2D eigenvalue weighted by Gasteiger charge is -2.13. The predicted molar refractivity (Wildman–Crippen MR) is 117 cm³/mol. The number of fused-ring (bicyclic) bond motifs is 1. The van der Waals surface area contributed by atoms with E-state index in [-0.39, 0.29) is 17.7 Å². The first-order chi connectivity index (χ1) is 14.6. The standard InChI is InChI=1S/C22H15N3O3S2/c23-11-16-3-1-2-4-17(16)13-30-22-24-18-9-10-29-19(18)20(26)25(22)12-14-5-7-15(8-6-14)21(27)28/h1-10H,12-13H2,(H,27,28). The molecule has 2 aromatic heterocycles. The number of aromatic nitrogens is 2. The molecule has 2 aromatic carbocycles. The lowest BCUT2D eigenvalue weighted by Crippen LogP contribution is -2.23. The molecule has 0 aliphatic carbocycles. The highest BCUT2D eigenvalue weighted by Gasteiger charge is 2.14. The number of thioether (sulfide) groups is 1. The quantitative estimate of drug-likeness (QED) is 0.358. The molecule has 6 nitrogen and oxygen atoms in total. The number of carbonyl (C=O) groups is 1. The lowest BCUT2D eigenvalue weighted by atomic mass is 10.1. The molecule has 0 spiro atoms. The van der Waals surface area contributed by atoms with Gasteiger partial charge in [-0.05, 0) is 40.8 Å². The average molecular weight is 434 g/mol. The van der Waals surface area contributed by atoms with Gasteiger partial charge < -0.3 is 5.11 Å². The van der Waals surface area contributed by atoms with Gasteiger partial charge in [-0.1, -0.05) is 42.1 Å². The van der Waals surface area contributed by atoms with Crippen LogP contribution in [0.5, 0.6) is 0 Å². The minimum absolute atomic E-state index is 0.131. The summed E-state index contributed by atoms with van der Waals surface area (Å²) in [5, 5.41) is 20.8. The van der Waals surface area contributed by atoms with Crippen LogP contribution >= 0.6 is 23.1 Å². The molecule has 4 rings (SSSR count). The summed E-state index contributed by atoms with van der Waals surface area (Å²) < 4.78 is 2.19. The highest BCUT2D eigenvalue weighted by atomic mass is 32.2. The molecular formula is C22H15N3O3S2. The molecule has 8 heteroatoms. The molecule has 30 heavy (non-hydrogen) atoms. The van der Waals surface area contributed by atoms with Gasteiger partial charge >= 0.3 is 5.97 Å². The number of nitrogens with zero attached hydrogens (tertiary/aromatic N) is 3. The maximum Gasteiger partial charge on any atom is 0.335 e. The van der Waals surface area contributed by atoms with Crippen molar-refractivity contribution in [3.05, 3.63) is 92.6 Å². The van der Waals surface area contributed by atoms with Crippen LogP contribution in [0.4, 0.5) is 0 Å². The van der Waals surface area contributed by atoms with Gasteiger partial charge in [0.25, 0.3) is 5.56 Å². The Balaban J connectivity index is 1.70. The first kappa shape index (κ1) is 19.9. The second-order valence-corrected chi connectivity index (χ2v) is 8.34. The molecule has 0 atom stereocenters. The molecule has 1 N–H and O–H groups in total. The summed E-state index contributed by atoms with van der Waals surface area (Å²) in [5.41, 5.74) is 2.99. The first-order valence-corrected chi connectivity index (χ1v) is 10.8. The fourth-order valence-corrected chi connectivity index (χ4v) is 4.79. The van der Waals surface area contributed by atoms with E-state index in [2.05, 4.69) is 11.1 Å². The zero-order chi connectivity index (χ0) is 21.1. The van der Waals surface area contributed by atoms with Crippen LogP contribution in [-0.4, -0.2) is 20.6 Å². The minimum Gasteiger partial charge on any atom is -0.478 e. The van der Waals surface area contributed by atoms with E-state index >= 15 is 0 Å². The van der Waals surface area contributed by atoms with Crippen LogP contribution in [0, 0.1) is 11.3 Å². The fraction of sp³-hybridized carbons (Fsp3) is 0.0909. The van der Waals surface area contributed by atoms with Crippen molar-refractivity contribution >= 4 is 39.3 Å². The molecule has 0 aliphatic rings. The van der Waals surface area contributed by atoms with Gasteiger partial charge in [0, 0.05) is 5.75 Å². The van der Waals surface area contributed by atoms with E-state index in [1.165, 1.54) is 35.2 Å². The Morgan fingerprint density at radius 3 is 2.67 bits per heavy atom. The molecule has 0 aliphatic heterocycles. The second-order valence-electron chi connectivity index (χ2n) is 6.48. The van der Waals surface area contributed by atoms with E-state index in [1.54, 1.807) is 22.8 Å². The largest absolute Gasteiger partial charge is 0.478 e. The monoisotopic (exact) mass is 433 g/mol. The molecule has 0 amide bonds. The molecule has 4 aromatic rings. The molecule has 0 bridgehead atoms. The van der Waals surface area contributed by atoms with Gasteiger partial charge in [-0.25, -0.2) is 9.78 Å².